The molecule has 6 heterocycles. The van der Waals surface area contributed by atoms with Crippen LogP contribution in [0.2, 0.25) is 5.02 Å². The van der Waals surface area contributed by atoms with Crippen molar-refractivity contribution >= 4 is 93.2 Å². The minimum atomic E-state index is -0.381. The molecule has 0 bridgehead atoms. The summed E-state index contributed by atoms with van der Waals surface area (Å²) < 4.78 is 51.0. The highest BCUT2D eigenvalue weighted by atomic mass is 35.5. The molecule has 0 saturated carbocycles. The minimum absolute atomic E-state index is 0.00161. The van der Waals surface area contributed by atoms with Gasteiger partial charge < -0.3 is 43.5 Å². The molecule has 12 aromatic rings. The van der Waals surface area contributed by atoms with Gasteiger partial charge in [-0.2, -0.15) is 0 Å². The zero-order chi connectivity index (χ0) is 75.9. The molecule has 0 aliphatic carbocycles. The molecule has 3 aromatic heterocycles. The number of carbonyl (C=O) groups is 3. The van der Waals surface area contributed by atoms with Gasteiger partial charge in [0, 0.05) is 84.7 Å². The number of phenolic OH excluding ortho intramolecular Hbond substituents is 1. The van der Waals surface area contributed by atoms with Crippen LogP contribution in [0.3, 0.4) is 0 Å². The van der Waals surface area contributed by atoms with Crippen LogP contribution in [-0.2, 0) is 25.7 Å². The third-order valence-corrected chi connectivity index (χ3v) is 25.6. The second-order valence-electron chi connectivity index (χ2n) is 29.9. The summed E-state index contributed by atoms with van der Waals surface area (Å²) in [6.07, 6.45) is 14.3. The van der Waals surface area contributed by atoms with E-state index in [1.54, 1.807) is 44.2 Å². The summed E-state index contributed by atoms with van der Waals surface area (Å²) in [6.45, 7) is 18.3. The fourth-order valence-corrected chi connectivity index (χ4v) is 19.7. The zero-order valence-corrected chi connectivity index (χ0v) is 66.4. The van der Waals surface area contributed by atoms with Crippen molar-refractivity contribution in [2.75, 3.05) is 58.9 Å². The number of rotatable bonds is 26. The minimum Gasteiger partial charge on any atom is -0.508 e. The number of ketones is 3. The Bertz CT molecular complexity index is 5290. The zero-order valence-electron chi connectivity index (χ0n) is 63.2. The predicted molar refractivity (Wildman–Crippen MR) is 445 cm³/mol. The van der Waals surface area contributed by atoms with Crippen molar-refractivity contribution in [2.24, 2.45) is 0 Å². The van der Waals surface area contributed by atoms with E-state index in [2.05, 4.69) is 70.2 Å². The molecule has 3 fully saturated rings. The van der Waals surface area contributed by atoms with E-state index in [-0.39, 0.29) is 41.1 Å². The van der Waals surface area contributed by atoms with Gasteiger partial charge in [0.15, 0.2) is 17.2 Å². The number of likely N-dealkylation sites (tertiary alicyclic amines) is 3. The van der Waals surface area contributed by atoms with Gasteiger partial charge in [0.25, 0.3) is 0 Å². The van der Waals surface area contributed by atoms with E-state index in [9.17, 15) is 23.9 Å². The van der Waals surface area contributed by atoms with Crippen LogP contribution in [0.1, 0.15) is 161 Å². The van der Waals surface area contributed by atoms with Crippen LogP contribution in [0.5, 0.6) is 51.7 Å². The molecular weight excluding hydrogens is 1450 g/mol. The van der Waals surface area contributed by atoms with Gasteiger partial charge in [-0.3, -0.25) is 14.4 Å². The first-order valence-electron chi connectivity index (χ1n) is 39.0. The maximum atomic E-state index is 14.8. The van der Waals surface area contributed by atoms with E-state index in [1.807, 2.05) is 98.8 Å². The molecule has 0 amide bonds. The largest absolute Gasteiger partial charge is 0.508 e. The first kappa shape index (κ1) is 76.2. The van der Waals surface area contributed by atoms with Gasteiger partial charge >= 0.3 is 0 Å². The molecule has 9 aromatic carbocycles. The Hall–Kier alpha value is -9.23. The van der Waals surface area contributed by atoms with Crippen LogP contribution in [0, 0.1) is 33.5 Å². The number of benzene rings is 9. The second-order valence-corrected chi connectivity index (χ2v) is 33.5. The summed E-state index contributed by atoms with van der Waals surface area (Å²) in [5.74, 6) is 4.34. The van der Waals surface area contributed by atoms with Gasteiger partial charge in [-0.05, 0) is 291 Å². The average Bonchev–Trinajstić information content (AvgIpc) is 1.62. The fraction of sp³-hybridized carbons (Fsp3) is 0.323. The van der Waals surface area contributed by atoms with Gasteiger partial charge in [-0.15, -0.1) is 34.0 Å². The van der Waals surface area contributed by atoms with Crippen molar-refractivity contribution in [3.05, 3.63) is 263 Å². The lowest BCUT2D eigenvalue weighted by Crippen LogP contribution is -2.28. The van der Waals surface area contributed by atoms with Crippen LogP contribution < -0.4 is 23.7 Å². The van der Waals surface area contributed by atoms with Crippen molar-refractivity contribution < 1.29 is 47.6 Å². The summed E-state index contributed by atoms with van der Waals surface area (Å²) in [5, 5.41) is 13.4. The van der Waals surface area contributed by atoms with Crippen molar-refractivity contribution in [1.82, 2.24) is 14.7 Å². The Morgan fingerprint density at radius 1 is 0.436 bits per heavy atom. The normalized spacial score (nSPS) is 16.2. The Kier molecular flexibility index (Phi) is 23.9. The lowest BCUT2D eigenvalue weighted by Gasteiger charge is -2.20. The number of nitrogens with zero attached hydrogens (tertiary/aromatic N) is 3. The third-order valence-electron chi connectivity index (χ3n) is 22.0. The molecule has 17 heteroatoms. The summed E-state index contributed by atoms with van der Waals surface area (Å²) in [5.41, 5.74) is 9.12. The molecule has 566 valence electrons. The highest BCUT2D eigenvalue weighted by Crippen LogP contribution is 2.48. The molecule has 1 N–H and O–H groups in total. The van der Waals surface area contributed by atoms with E-state index < -0.39 is 0 Å². The predicted octanol–water partition coefficient (Wildman–Crippen LogP) is 23.1. The Morgan fingerprint density at radius 3 is 1.26 bits per heavy atom. The SMILES string of the molecule is CCc1ccccc1C(=O)c1sc2cc(OC3CCCN(CCc4ccc(Oc5c(C(=O)c6c(C)cc(F)cc6C)sc6cc(OC7CCCN(CCc8ccc(Oc9c(C(=O)c%10c(C)cc(Cl)cc%10C)sc%10cc(O)ccc9%10)cc8)CC7)ccc56)cc4)CC3)ccc2c1Oc1ccc(CCN2CCCCCC2)cc1. The Labute approximate surface area is 660 Å². The lowest BCUT2D eigenvalue weighted by atomic mass is 9.97. The van der Waals surface area contributed by atoms with Crippen LogP contribution in [0.15, 0.2) is 176 Å². The first-order chi connectivity index (χ1) is 53.5. The second kappa shape index (κ2) is 34.6. The summed E-state index contributed by atoms with van der Waals surface area (Å²) in [6, 6.07) is 56.3. The lowest BCUT2D eigenvalue weighted by molar-refractivity contribution is 0.103. The number of phenols is 1. The van der Waals surface area contributed by atoms with Crippen molar-refractivity contribution in [3.63, 3.8) is 0 Å². The topological polar surface area (TPSA) is 127 Å². The maximum absolute atomic E-state index is 14.8. The Balaban J connectivity index is 0.563. The number of hydrogen-bond donors (Lipinski definition) is 1. The average molecular weight is 1550 g/mol. The van der Waals surface area contributed by atoms with Crippen LogP contribution in [0.4, 0.5) is 4.39 Å². The first-order valence-corrected chi connectivity index (χ1v) is 41.8. The van der Waals surface area contributed by atoms with Crippen molar-refractivity contribution in [2.45, 2.75) is 137 Å². The number of aryl methyl sites for hydroxylation is 5. The number of ether oxygens (including phenoxy) is 5. The molecule has 110 heavy (non-hydrogen) atoms. The molecule has 3 saturated heterocycles. The third kappa shape index (κ3) is 17.7. The van der Waals surface area contributed by atoms with E-state index in [0.717, 1.165) is 168 Å². The maximum Gasteiger partial charge on any atom is 0.207 e. The molecule has 15 rings (SSSR count). The van der Waals surface area contributed by atoms with Gasteiger partial charge in [0.2, 0.25) is 17.3 Å². The van der Waals surface area contributed by atoms with Gasteiger partial charge in [0.05, 0.1) is 12.2 Å². The molecule has 3 aliphatic rings. The van der Waals surface area contributed by atoms with Gasteiger partial charge in [0.1, 0.15) is 54.9 Å². The molecule has 0 radical (unpaired) electrons. The fourth-order valence-electron chi connectivity index (χ4n) is 16.1. The quantitative estimate of drug-likeness (QED) is 0.0519. The summed E-state index contributed by atoms with van der Waals surface area (Å²) >= 11 is 10.5. The van der Waals surface area contributed by atoms with E-state index in [4.69, 9.17) is 35.3 Å². The number of halogens is 2. The molecule has 3 aliphatic heterocycles. The molecule has 0 spiro atoms. The number of aromatic hydroxyl groups is 1. The van der Waals surface area contributed by atoms with Crippen LogP contribution in [-0.4, -0.2) is 108 Å². The monoisotopic (exact) mass is 1550 g/mol. The van der Waals surface area contributed by atoms with Crippen LogP contribution >= 0.6 is 45.6 Å². The highest BCUT2D eigenvalue weighted by Gasteiger charge is 2.30. The van der Waals surface area contributed by atoms with E-state index >= 15 is 0 Å². The number of thiophene rings is 3. The smallest absolute Gasteiger partial charge is 0.207 e. The van der Waals surface area contributed by atoms with Crippen molar-refractivity contribution in [3.8, 4) is 51.7 Å². The molecule has 2 atom stereocenters. The summed E-state index contributed by atoms with van der Waals surface area (Å²) in [7, 11) is 0. The standard InChI is InChI=1S/C93H93ClFN3O9S3/c1-6-65-15-9-10-18-76(65)85(100)91-88(105-71-26-19-62(20-27-71)37-46-96-42-11-7-8-12-43-96)78-35-32-74(56-81(78)109-91)103-69-16-13-44-97(49-40-69)48-39-64-23-30-73(31-24-64)107-90-79-36-33-75(57-82(79)110-93(90)87(102)84-60(4)53-67(95)54-61(84)5)104-70-17-14-45-98(50-41-70)47-38-63-21-28-72(29-22-63)106-89-77-34-25-68(99)55-80(77)108-92(89)86(101)83-58(2)51-66(94)52-59(83)3/h9-10,15,18-36,51-57,69-70,99H,6-8,11-14,16-17,37-50H2,1-5H3. The number of fused-ring (bicyclic) bond motifs is 3. The number of carbonyl (C=O) groups excluding carboxylic acids is 3. The Morgan fingerprint density at radius 2 is 0.818 bits per heavy atom. The van der Waals surface area contributed by atoms with E-state index in [1.165, 1.54) is 102 Å². The molecule has 2 unspecified atom stereocenters. The summed E-state index contributed by atoms with van der Waals surface area (Å²) in [4.78, 5) is 52.7. The van der Waals surface area contributed by atoms with Gasteiger partial charge in [-0.25, -0.2) is 4.39 Å². The van der Waals surface area contributed by atoms with Gasteiger partial charge in [-0.1, -0.05) is 92.0 Å². The highest BCUT2D eigenvalue weighted by molar-refractivity contribution is 7.22. The van der Waals surface area contributed by atoms with E-state index in [0.29, 0.717) is 82.0 Å². The van der Waals surface area contributed by atoms with Crippen LogP contribution in [0.25, 0.3) is 30.3 Å². The molecular formula is C93H93ClFN3O9S3. The molecule has 12 nitrogen and oxygen atoms in total. The number of hydrogen-bond acceptors (Lipinski definition) is 15. The van der Waals surface area contributed by atoms with Crippen molar-refractivity contribution in [1.29, 1.82) is 0 Å².